The maximum Gasteiger partial charge on any atom is 0.291 e. The van der Waals surface area contributed by atoms with Gasteiger partial charge < -0.3 is 19.2 Å². The highest BCUT2D eigenvalue weighted by atomic mass is 32.2. The molecule has 0 aliphatic rings. The predicted octanol–water partition coefficient (Wildman–Crippen LogP) is 5.12. The first-order chi connectivity index (χ1) is 16.2. The first kappa shape index (κ1) is 23.2. The fraction of sp³-hybridized carbons (Fsp3) is 0.160. The zero-order valence-electron chi connectivity index (χ0n) is 19.1. The summed E-state index contributed by atoms with van der Waals surface area (Å²) in [6.07, 6.45) is 0. The smallest absolute Gasteiger partial charge is 0.291 e. The molecule has 2 N–H and O–H groups in total. The fourth-order valence-corrected chi connectivity index (χ4v) is 4.97. The normalized spacial score (nSPS) is 11.3. The SMILES string of the molecule is COc1ccc2oc(C(=O)Nc3ccc(C)c(S(=O)(=O)Nc4ccccc4OC)c3)c(C)c2c1. The Balaban J connectivity index is 1.63. The van der Waals surface area contributed by atoms with Gasteiger partial charge in [-0.05, 0) is 61.9 Å². The van der Waals surface area contributed by atoms with Crippen molar-refractivity contribution in [3.05, 3.63) is 77.6 Å². The molecule has 1 aromatic heterocycles. The molecule has 4 rings (SSSR count). The van der Waals surface area contributed by atoms with Crippen molar-refractivity contribution >= 4 is 38.3 Å². The summed E-state index contributed by atoms with van der Waals surface area (Å²) in [5.74, 6) is 0.697. The van der Waals surface area contributed by atoms with Gasteiger partial charge in [-0.15, -0.1) is 0 Å². The summed E-state index contributed by atoms with van der Waals surface area (Å²) in [5, 5.41) is 3.50. The lowest BCUT2D eigenvalue weighted by Gasteiger charge is -2.14. The second kappa shape index (κ2) is 9.11. The molecule has 1 heterocycles. The summed E-state index contributed by atoms with van der Waals surface area (Å²) in [6, 6.07) is 16.7. The molecular formula is C25H24N2O6S. The van der Waals surface area contributed by atoms with Crippen LogP contribution in [0.3, 0.4) is 0 Å². The van der Waals surface area contributed by atoms with Crippen LogP contribution in [-0.4, -0.2) is 28.5 Å². The molecule has 0 saturated heterocycles. The van der Waals surface area contributed by atoms with E-state index < -0.39 is 15.9 Å². The van der Waals surface area contributed by atoms with E-state index in [1.54, 1.807) is 75.6 Å². The molecular weight excluding hydrogens is 456 g/mol. The lowest BCUT2D eigenvalue weighted by atomic mass is 10.1. The van der Waals surface area contributed by atoms with Gasteiger partial charge >= 0.3 is 0 Å². The average Bonchev–Trinajstić information content (AvgIpc) is 3.16. The van der Waals surface area contributed by atoms with E-state index in [-0.39, 0.29) is 10.7 Å². The second-order valence-electron chi connectivity index (χ2n) is 7.66. The van der Waals surface area contributed by atoms with Gasteiger partial charge in [0.25, 0.3) is 15.9 Å². The molecule has 3 aromatic carbocycles. The lowest BCUT2D eigenvalue weighted by Crippen LogP contribution is -2.16. The summed E-state index contributed by atoms with van der Waals surface area (Å²) in [4.78, 5) is 13.0. The number of nitrogens with one attached hydrogen (secondary N) is 2. The fourth-order valence-electron chi connectivity index (χ4n) is 3.63. The second-order valence-corrected chi connectivity index (χ2v) is 9.31. The van der Waals surface area contributed by atoms with Gasteiger partial charge in [0.1, 0.15) is 17.1 Å². The van der Waals surface area contributed by atoms with Crippen LogP contribution in [0.4, 0.5) is 11.4 Å². The number of aryl methyl sites for hydroxylation is 2. The minimum atomic E-state index is -3.95. The number of para-hydroxylation sites is 2. The summed E-state index contributed by atoms with van der Waals surface area (Å²) in [5.41, 5.74) is 2.36. The minimum absolute atomic E-state index is 0.0299. The number of rotatable bonds is 7. The van der Waals surface area contributed by atoms with E-state index in [2.05, 4.69) is 10.0 Å². The number of carbonyl (C=O) groups excluding carboxylic acids is 1. The number of fused-ring (bicyclic) bond motifs is 1. The molecule has 0 spiro atoms. The van der Waals surface area contributed by atoms with E-state index in [1.165, 1.54) is 13.2 Å². The third-order valence-electron chi connectivity index (χ3n) is 5.44. The molecule has 0 unspecified atom stereocenters. The van der Waals surface area contributed by atoms with Crippen molar-refractivity contribution < 1.29 is 27.1 Å². The van der Waals surface area contributed by atoms with Crippen LogP contribution in [0, 0.1) is 13.8 Å². The minimum Gasteiger partial charge on any atom is -0.497 e. The quantitative estimate of drug-likeness (QED) is 0.380. The number of sulfonamides is 1. The number of ether oxygens (including phenoxy) is 2. The van der Waals surface area contributed by atoms with Gasteiger partial charge in [-0.25, -0.2) is 8.42 Å². The number of amides is 1. The van der Waals surface area contributed by atoms with Crippen molar-refractivity contribution in [1.29, 1.82) is 0 Å². The summed E-state index contributed by atoms with van der Waals surface area (Å²) in [6.45, 7) is 3.46. The van der Waals surface area contributed by atoms with E-state index >= 15 is 0 Å². The van der Waals surface area contributed by atoms with Gasteiger partial charge in [-0.3, -0.25) is 9.52 Å². The van der Waals surface area contributed by atoms with Crippen molar-refractivity contribution in [2.45, 2.75) is 18.7 Å². The van der Waals surface area contributed by atoms with Crippen LogP contribution in [0.15, 0.2) is 70.0 Å². The van der Waals surface area contributed by atoms with Gasteiger partial charge in [-0.2, -0.15) is 0 Å². The summed E-state index contributed by atoms with van der Waals surface area (Å²) < 4.78 is 45.0. The van der Waals surface area contributed by atoms with Gasteiger partial charge in [-0.1, -0.05) is 18.2 Å². The Kier molecular flexibility index (Phi) is 6.21. The van der Waals surface area contributed by atoms with Crippen molar-refractivity contribution in [2.75, 3.05) is 24.3 Å². The number of benzene rings is 3. The highest BCUT2D eigenvalue weighted by Crippen LogP contribution is 2.31. The number of hydrogen-bond acceptors (Lipinski definition) is 6. The lowest BCUT2D eigenvalue weighted by molar-refractivity contribution is 0.0998. The van der Waals surface area contributed by atoms with Crippen molar-refractivity contribution in [2.24, 2.45) is 0 Å². The van der Waals surface area contributed by atoms with Gasteiger partial charge in [0.15, 0.2) is 5.76 Å². The number of carbonyl (C=O) groups is 1. The Bertz CT molecular complexity index is 1490. The molecule has 1 amide bonds. The Morgan fingerprint density at radius 3 is 2.44 bits per heavy atom. The number of anilines is 2. The molecule has 8 nitrogen and oxygen atoms in total. The Morgan fingerprint density at radius 1 is 0.941 bits per heavy atom. The van der Waals surface area contributed by atoms with Crippen molar-refractivity contribution in [3.63, 3.8) is 0 Å². The maximum absolute atomic E-state index is 13.1. The maximum atomic E-state index is 13.1. The highest BCUT2D eigenvalue weighted by molar-refractivity contribution is 7.92. The molecule has 176 valence electrons. The number of hydrogen-bond donors (Lipinski definition) is 2. The predicted molar refractivity (Wildman–Crippen MR) is 130 cm³/mol. The molecule has 34 heavy (non-hydrogen) atoms. The van der Waals surface area contributed by atoms with Gasteiger partial charge in [0.05, 0.1) is 24.8 Å². The van der Waals surface area contributed by atoms with Crippen LogP contribution in [0.1, 0.15) is 21.7 Å². The molecule has 0 aliphatic carbocycles. The van der Waals surface area contributed by atoms with Crippen LogP contribution in [-0.2, 0) is 10.0 Å². The number of methoxy groups -OCH3 is 2. The summed E-state index contributed by atoms with van der Waals surface area (Å²) >= 11 is 0. The van der Waals surface area contributed by atoms with Crippen LogP contribution in [0.2, 0.25) is 0 Å². The highest BCUT2D eigenvalue weighted by Gasteiger charge is 2.22. The summed E-state index contributed by atoms with van der Waals surface area (Å²) in [7, 11) is -0.926. The first-order valence-corrected chi connectivity index (χ1v) is 11.9. The average molecular weight is 481 g/mol. The topological polar surface area (TPSA) is 107 Å². The third-order valence-corrected chi connectivity index (χ3v) is 6.94. The first-order valence-electron chi connectivity index (χ1n) is 10.4. The van der Waals surface area contributed by atoms with Gasteiger partial charge in [0.2, 0.25) is 0 Å². The Hall–Kier alpha value is -3.98. The molecule has 0 radical (unpaired) electrons. The van der Waals surface area contributed by atoms with Crippen LogP contribution in [0.25, 0.3) is 11.0 Å². The van der Waals surface area contributed by atoms with Crippen LogP contribution in [0.5, 0.6) is 11.5 Å². The van der Waals surface area contributed by atoms with Crippen molar-refractivity contribution in [1.82, 2.24) is 0 Å². The molecule has 0 fully saturated rings. The number of furan rings is 1. The zero-order valence-corrected chi connectivity index (χ0v) is 19.9. The van der Waals surface area contributed by atoms with E-state index in [1.807, 2.05) is 0 Å². The van der Waals surface area contributed by atoms with Gasteiger partial charge in [0, 0.05) is 16.6 Å². The standard InChI is InChI=1S/C25H24N2O6S/c1-15-9-10-17(13-23(15)34(29,30)27-20-7-5-6-8-22(20)32-4)26-25(28)24-16(2)19-14-18(31-3)11-12-21(19)33-24/h5-14,27H,1-4H3,(H,26,28). The third kappa shape index (κ3) is 4.42. The van der Waals surface area contributed by atoms with Crippen LogP contribution < -0.4 is 19.5 Å². The largest absolute Gasteiger partial charge is 0.497 e. The zero-order chi connectivity index (χ0) is 24.5. The van der Waals surface area contributed by atoms with Crippen LogP contribution >= 0.6 is 0 Å². The van der Waals surface area contributed by atoms with E-state index in [0.29, 0.717) is 39.6 Å². The van der Waals surface area contributed by atoms with E-state index in [4.69, 9.17) is 13.9 Å². The Labute approximate surface area is 197 Å². The molecule has 0 saturated carbocycles. The molecule has 0 aliphatic heterocycles. The molecule has 0 bridgehead atoms. The molecule has 4 aromatic rings. The van der Waals surface area contributed by atoms with Crippen molar-refractivity contribution in [3.8, 4) is 11.5 Å². The molecule has 0 atom stereocenters. The Morgan fingerprint density at radius 2 is 1.71 bits per heavy atom. The van der Waals surface area contributed by atoms with E-state index in [0.717, 1.165) is 5.39 Å². The monoisotopic (exact) mass is 480 g/mol. The van der Waals surface area contributed by atoms with E-state index in [9.17, 15) is 13.2 Å². The molecule has 9 heteroatoms.